The van der Waals surface area contributed by atoms with E-state index >= 15 is 0 Å². The predicted molar refractivity (Wildman–Crippen MR) is 611 cm³/mol. The summed E-state index contributed by atoms with van der Waals surface area (Å²) in [7, 11) is 0. The summed E-state index contributed by atoms with van der Waals surface area (Å²) in [5.74, 6) is 0. The molecule has 0 aliphatic carbocycles. The summed E-state index contributed by atoms with van der Waals surface area (Å²) in [6.07, 6.45) is 0. The molecular formula is C132H92B2Cl2N8. The maximum absolute atomic E-state index is 7.89. The molecule has 4 aliphatic heterocycles. The van der Waals surface area contributed by atoms with Gasteiger partial charge in [0.25, 0.3) is 13.4 Å². The lowest BCUT2D eigenvalue weighted by Gasteiger charge is -2.44. The van der Waals surface area contributed by atoms with E-state index in [1.807, 2.05) is 48.5 Å². The predicted octanol–water partition coefficient (Wildman–Crippen LogP) is 33.4. The third-order valence-electron chi connectivity index (χ3n) is 28.0. The van der Waals surface area contributed by atoms with E-state index in [0.29, 0.717) is 10.0 Å². The molecule has 144 heavy (non-hydrogen) atoms. The van der Waals surface area contributed by atoms with Crippen molar-refractivity contribution < 1.29 is 0 Å². The Bertz CT molecular complexity index is 7330. The van der Waals surface area contributed by atoms with Gasteiger partial charge >= 0.3 is 0 Å². The molecule has 0 aromatic heterocycles. The number of hydrogen-bond acceptors (Lipinski definition) is 8. The van der Waals surface area contributed by atoms with Gasteiger partial charge in [0.1, 0.15) is 0 Å². The SMILES string of the molecule is Clc1c(N(c2ccccc2)c2ccccc2)cc(-c2cccc(-c3cc(N(c4ccccc4)c4ccccc4)c(Cl)c(N(c4ccccc4)c4ccccc4)c3)c2)cc1N(c1ccccc1)c1ccccc1.c1ccc(N2c3ccccc3B3c4ccccc4N(c4ccccc4)c4cc(-c5cccc(-c6cc7c8c(c6)N(c6ccccc6)c6ccccc6B8c6ccccc6N7c6ccccc6)c5)cc2c43)cc1. The van der Waals surface area contributed by atoms with Gasteiger partial charge in [0, 0.05) is 114 Å². The molecule has 0 saturated heterocycles. The van der Waals surface area contributed by atoms with E-state index in [1.54, 1.807) is 0 Å². The van der Waals surface area contributed by atoms with Crippen LogP contribution in [-0.4, -0.2) is 13.4 Å². The largest absolute Gasteiger partial charge is 0.311 e. The van der Waals surface area contributed by atoms with Crippen LogP contribution in [-0.2, 0) is 0 Å². The third-order valence-corrected chi connectivity index (χ3v) is 28.8. The van der Waals surface area contributed by atoms with Crippen LogP contribution >= 0.6 is 23.2 Å². The molecule has 0 saturated carbocycles. The minimum absolute atomic E-state index is 0.0504. The molecule has 0 spiro atoms. The minimum atomic E-state index is 0.0504. The summed E-state index contributed by atoms with van der Waals surface area (Å²) in [6, 6.07) is 200. The summed E-state index contributed by atoms with van der Waals surface area (Å²) >= 11 is 15.8. The fourth-order valence-electron chi connectivity index (χ4n) is 21.8. The van der Waals surface area contributed by atoms with Gasteiger partial charge in [-0.15, -0.1) is 0 Å². The third kappa shape index (κ3) is 16.0. The summed E-state index contributed by atoms with van der Waals surface area (Å²) in [4.78, 5) is 18.9. The van der Waals surface area contributed by atoms with Crippen LogP contribution in [0.1, 0.15) is 0 Å². The molecule has 12 heteroatoms. The van der Waals surface area contributed by atoms with Gasteiger partial charge < -0.3 is 39.2 Å². The number of benzene rings is 22. The second-order valence-corrected chi connectivity index (χ2v) is 37.2. The quantitative estimate of drug-likeness (QED) is 0.0697. The smallest absolute Gasteiger partial charge is 0.252 e. The Balaban J connectivity index is 0.000000151. The van der Waals surface area contributed by atoms with E-state index < -0.39 is 0 Å². The zero-order valence-corrected chi connectivity index (χ0v) is 80.1. The molecule has 22 aromatic rings. The van der Waals surface area contributed by atoms with Crippen molar-refractivity contribution in [2.45, 2.75) is 0 Å². The first-order chi connectivity index (χ1) is 71.3. The van der Waals surface area contributed by atoms with Gasteiger partial charge in [-0.25, -0.2) is 0 Å². The number of anilines is 24. The van der Waals surface area contributed by atoms with Crippen molar-refractivity contribution in [1.82, 2.24) is 0 Å². The molecule has 0 bridgehead atoms. The van der Waals surface area contributed by atoms with Crippen molar-refractivity contribution in [2.24, 2.45) is 0 Å². The van der Waals surface area contributed by atoms with Crippen LogP contribution in [0.3, 0.4) is 0 Å². The summed E-state index contributed by atoms with van der Waals surface area (Å²) in [6.45, 7) is 0.101. The Hall–Kier alpha value is -18.1. The number of halogens is 2. The molecular weight excluding hydrogens is 1790 g/mol. The Morgan fingerprint density at radius 3 is 0.507 bits per heavy atom. The average molecular weight is 1880 g/mol. The van der Waals surface area contributed by atoms with Crippen LogP contribution in [0, 0.1) is 0 Å². The first-order valence-corrected chi connectivity index (χ1v) is 49.7. The van der Waals surface area contributed by atoms with E-state index in [4.69, 9.17) is 23.2 Å². The van der Waals surface area contributed by atoms with Gasteiger partial charge in [0.05, 0.1) is 32.8 Å². The summed E-state index contributed by atoms with van der Waals surface area (Å²) in [5, 5.41) is 1.21. The number of hydrogen-bond donors (Lipinski definition) is 0. The van der Waals surface area contributed by atoms with Gasteiger partial charge in [0.15, 0.2) is 0 Å². The van der Waals surface area contributed by atoms with Gasteiger partial charge in [-0.05, 0) is 308 Å². The maximum atomic E-state index is 7.89. The van der Waals surface area contributed by atoms with E-state index in [0.717, 1.165) is 136 Å². The van der Waals surface area contributed by atoms with Crippen LogP contribution < -0.4 is 72.0 Å². The van der Waals surface area contributed by atoms with Crippen LogP contribution in [0.15, 0.2) is 558 Å². The van der Waals surface area contributed by atoms with Crippen molar-refractivity contribution in [1.29, 1.82) is 0 Å². The van der Waals surface area contributed by atoms with Gasteiger partial charge in [0.2, 0.25) is 0 Å². The van der Waals surface area contributed by atoms with Crippen LogP contribution in [0.25, 0.3) is 44.5 Å². The second-order valence-electron chi connectivity index (χ2n) is 36.5. The normalized spacial score (nSPS) is 12.2. The van der Waals surface area contributed by atoms with Crippen molar-refractivity contribution in [2.75, 3.05) is 39.2 Å². The molecule has 0 unspecified atom stereocenters. The molecule has 8 nitrogen and oxygen atoms in total. The zero-order valence-electron chi connectivity index (χ0n) is 78.6. The monoisotopic (exact) mass is 1880 g/mol. The van der Waals surface area contributed by atoms with Gasteiger partial charge in [-0.2, -0.15) is 0 Å². The van der Waals surface area contributed by atoms with Crippen LogP contribution in [0.2, 0.25) is 10.0 Å². The fraction of sp³-hybridized carbons (Fsp3) is 0. The lowest BCUT2D eigenvalue weighted by molar-refractivity contribution is 1.25. The van der Waals surface area contributed by atoms with Crippen molar-refractivity contribution in [3.05, 3.63) is 568 Å². The molecule has 0 fully saturated rings. The number of fused-ring (bicyclic) bond motifs is 8. The molecule has 4 aliphatic rings. The zero-order chi connectivity index (χ0) is 95.9. The Morgan fingerprint density at radius 2 is 0.312 bits per heavy atom. The van der Waals surface area contributed by atoms with Gasteiger partial charge in [-0.3, -0.25) is 0 Å². The lowest BCUT2D eigenvalue weighted by Crippen LogP contribution is -2.61. The Morgan fingerprint density at radius 1 is 0.146 bits per heavy atom. The van der Waals surface area contributed by atoms with Crippen molar-refractivity contribution in [3.63, 3.8) is 0 Å². The van der Waals surface area contributed by atoms with Crippen molar-refractivity contribution in [3.8, 4) is 44.5 Å². The highest BCUT2D eigenvalue weighted by Crippen LogP contribution is 2.55. The summed E-state index contributed by atoms with van der Waals surface area (Å²) in [5.41, 5.74) is 41.8. The Labute approximate surface area is 851 Å². The molecule has 26 rings (SSSR count). The highest BCUT2D eigenvalue weighted by Gasteiger charge is 2.46. The first kappa shape index (κ1) is 87.5. The van der Waals surface area contributed by atoms with Crippen LogP contribution in [0.5, 0.6) is 0 Å². The standard InChI is InChI=1S/C66H44B2N4.C66H48Cl2N4/c1-5-24-49(25-6-1)69-57-36-17-13-32-53(57)67-54-33-14-18-37-58(54)70(50-26-7-2-8-27-50)62-42-47(41-61(69)65(62)67)45-22-21-23-46(40-45)48-43-63-66-64(44-48)72(52-30-11-4-12-31-52)60-39-20-16-35-56(60)68(66)55-34-15-19-38-59(55)71(63)51-28-9-3-10-29-51;67-65-61(69(53-28-9-1-10-29-53)54-30-11-2-12-31-54)45-51(46-62(65)70(55-32-13-3-14-33-55)56-34-15-4-16-35-56)49-26-25-27-50(44-49)52-47-63(71(57-36-17-5-18-37-57)58-38-19-6-20-39-58)66(68)64(48-52)72(59-40-21-7-22-41-59)60-42-23-8-24-43-60/h1-44H;1-48H. The average Bonchev–Trinajstić information content (AvgIpc) is 0.697. The Kier molecular flexibility index (Phi) is 23.2. The lowest BCUT2D eigenvalue weighted by atomic mass is 9.33. The molecule has 4 heterocycles. The minimum Gasteiger partial charge on any atom is -0.311 e. The highest BCUT2D eigenvalue weighted by molar-refractivity contribution is 7.01. The number of para-hydroxylation sites is 16. The van der Waals surface area contributed by atoms with Gasteiger partial charge in [-0.1, -0.05) is 351 Å². The molecule has 0 radical (unpaired) electrons. The van der Waals surface area contributed by atoms with E-state index in [1.165, 1.54) is 78.3 Å². The van der Waals surface area contributed by atoms with Crippen LogP contribution in [0.4, 0.5) is 136 Å². The molecule has 0 amide bonds. The van der Waals surface area contributed by atoms with E-state index in [-0.39, 0.29) is 13.4 Å². The number of nitrogens with zero attached hydrogens (tertiary/aromatic N) is 8. The second kappa shape index (κ2) is 38.3. The number of rotatable bonds is 20. The molecule has 22 aromatic carbocycles. The topological polar surface area (TPSA) is 25.9 Å². The molecule has 0 N–H and O–H groups in total. The maximum Gasteiger partial charge on any atom is 0.252 e. The van der Waals surface area contributed by atoms with E-state index in [2.05, 4.69) is 549 Å². The highest BCUT2D eigenvalue weighted by atomic mass is 35.5. The fourth-order valence-corrected chi connectivity index (χ4v) is 22.4. The molecule has 680 valence electrons. The molecule has 0 atom stereocenters. The van der Waals surface area contributed by atoms with Crippen molar-refractivity contribution >= 4 is 206 Å². The van der Waals surface area contributed by atoms with E-state index in [9.17, 15) is 0 Å². The summed E-state index contributed by atoms with van der Waals surface area (Å²) < 4.78 is 0. The first-order valence-electron chi connectivity index (χ1n) is 49.0.